The van der Waals surface area contributed by atoms with Crippen LogP contribution in [0.2, 0.25) is 0 Å². The van der Waals surface area contributed by atoms with Crippen molar-refractivity contribution < 1.29 is 0 Å². The lowest BCUT2D eigenvalue weighted by atomic mass is 9.83. The van der Waals surface area contributed by atoms with Gasteiger partial charge in [-0.3, -0.25) is 0 Å². The van der Waals surface area contributed by atoms with Gasteiger partial charge in [0, 0.05) is 5.57 Å². The van der Waals surface area contributed by atoms with Crippen LogP contribution in [0.5, 0.6) is 0 Å². The number of rotatable bonds is 0. The Kier molecular flexibility index (Phi) is 2.23. The van der Waals surface area contributed by atoms with E-state index in [4.69, 9.17) is 5.26 Å². The van der Waals surface area contributed by atoms with E-state index in [0.717, 1.165) is 18.4 Å². The van der Waals surface area contributed by atoms with Gasteiger partial charge in [0.2, 0.25) is 0 Å². The highest BCUT2D eigenvalue weighted by Gasteiger charge is 2.17. The fraction of sp³-hybridized carbons (Fsp3) is 0.188. The van der Waals surface area contributed by atoms with Crippen molar-refractivity contribution >= 4 is 16.3 Å². The van der Waals surface area contributed by atoms with Crippen molar-refractivity contribution in [2.24, 2.45) is 0 Å². The van der Waals surface area contributed by atoms with Gasteiger partial charge >= 0.3 is 0 Å². The average molecular weight is 219 g/mol. The first-order chi connectivity index (χ1) is 8.31. The molecule has 0 fully saturated rings. The Morgan fingerprint density at radius 3 is 2.65 bits per heavy atom. The summed E-state index contributed by atoms with van der Waals surface area (Å²) in [5.41, 5.74) is 4.74. The van der Waals surface area contributed by atoms with Crippen molar-refractivity contribution in [2.45, 2.75) is 19.8 Å². The van der Waals surface area contributed by atoms with Crippen LogP contribution in [0.3, 0.4) is 0 Å². The van der Waals surface area contributed by atoms with Gasteiger partial charge in [-0.25, -0.2) is 0 Å². The molecule has 2 aromatic carbocycles. The molecule has 1 heteroatoms. The standard InChI is InChI=1S/C16H13N/c1-11(10-17)14-9-8-13-5-2-4-12-6-3-7-15(14)16(12)13/h2-7H,8-9H2,1H3/b14-11-. The van der Waals surface area contributed by atoms with Crippen LogP contribution in [-0.4, -0.2) is 0 Å². The molecular formula is C16H13N. The van der Waals surface area contributed by atoms with Gasteiger partial charge in [-0.1, -0.05) is 36.4 Å². The molecule has 0 unspecified atom stereocenters. The van der Waals surface area contributed by atoms with E-state index >= 15 is 0 Å². The Morgan fingerprint density at radius 1 is 1.12 bits per heavy atom. The number of allylic oxidation sites excluding steroid dienone is 2. The Balaban J connectivity index is 2.43. The van der Waals surface area contributed by atoms with Gasteiger partial charge in [0.25, 0.3) is 0 Å². The molecule has 0 saturated heterocycles. The SMILES string of the molecule is C/C(C#N)=C1\CCc2cccc3cccc1c23. The van der Waals surface area contributed by atoms with E-state index in [-0.39, 0.29) is 0 Å². The molecule has 0 heterocycles. The zero-order valence-electron chi connectivity index (χ0n) is 9.83. The number of aryl methyl sites for hydroxylation is 1. The molecule has 1 nitrogen and oxygen atoms in total. The first-order valence-corrected chi connectivity index (χ1v) is 5.92. The van der Waals surface area contributed by atoms with Crippen LogP contribution in [0, 0.1) is 11.3 Å². The Morgan fingerprint density at radius 2 is 1.88 bits per heavy atom. The second-order valence-corrected chi connectivity index (χ2v) is 4.54. The van der Waals surface area contributed by atoms with Crippen LogP contribution in [0.1, 0.15) is 24.5 Å². The Bertz CT molecular complexity index is 666. The summed E-state index contributed by atoms with van der Waals surface area (Å²) in [5, 5.41) is 11.7. The second-order valence-electron chi connectivity index (χ2n) is 4.54. The molecule has 1 aliphatic rings. The minimum atomic E-state index is 0.854. The predicted octanol–water partition coefficient (Wildman–Crippen LogP) is 4.08. The molecule has 0 atom stereocenters. The number of nitriles is 1. The minimum Gasteiger partial charge on any atom is -0.193 e. The lowest BCUT2D eigenvalue weighted by Gasteiger charge is -2.20. The second kappa shape index (κ2) is 3.75. The van der Waals surface area contributed by atoms with Crippen molar-refractivity contribution in [3.05, 3.63) is 53.1 Å². The molecule has 82 valence electrons. The number of nitrogens with zero attached hydrogens (tertiary/aromatic N) is 1. The first kappa shape index (κ1) is 10.1. The molecule has 0 spiro atoms. The van der Waals surface area contributed by atoms with E-state index in [0.29, 0.717) is 0 Å². The highest BCUT2D eigenvalue weighted by atomic mass is 14.3. The molecule has 0 bridgehead atoms. The smallest absolute Gasteiger partial charge is 0.0947 e. The molecule has 0 radical (unpaired) electrons. The summed E-state index contributed by atoms with van der Waals surface area (Å²) in [6.07, 6.45) is 2.03. The van der Waals surface area contributed by atoms with Crippen molar-refractivity contribution in [1.29, 1.82) is 5.26 Å². The zero-order valence-corrected chi connectivity index (χ0v) is 9.83. The van der Waals surface area contributed by atoms with E-state index in [1.165, 1.54) is 27.5 Å². The van der Waals surface area contributed by atoms with Gasteiger partial charge in [-0.2, -0.15) is 5.26 Å². The molecule has 3 rings (SSSR count). The molecule has 0 aliphatic heterocycles. The summed E-state index contributed by atoms with van der Waals surface area (Å²) in [5.74, 6) is 0. The Labute approximate surface area is 101 Å². The summed E-state index contributed by atoms with van der Waals surface area (Å²) >= 11 is 0. The maximum Gasteiger partial charge on any atom is 0.0947 e. The van der Waals surface area contributed by atoms with Crippen molar-refractivity contribution in [2.75, 3.05) is 0 Å². The van der Waals surface area contributed by atoms with Gasteiger partial charge in [-0.05, 0) is 47.2 Å². The fourth-order valence-corrected chi connectivity index (χ4v) is 2.73. The molecule has 1 aliphatic carbocycles. The van der Waals surface area contributed by atoms with Crippen LogP contribution >= 0.6 is 0 Å². The summed E-state index contributed by atoms with van der Waals surface area (Å²) in [4.78, 5) is 0. The maximum absolute atomic E-state index is 9.08. The lowest BCUT2D eigenvalue weighted by Crippen LogP contribution is -2.01. The summed E-state index contributed by atoms with van der Waals surface area (Å²) < 4.78 is 0. The highest BCUT2D eigenvalue weighted by molar-refractivity contribution is 5.98. The van der Waals surface area contributed by atoms with Gasteiger partial charge in [-0.15, -0.1) is 0 Å². The van der Waals surface area contributed by atoms with Gasteiger partial charge in [0.15, 0.2) is 0 Å². The van der Waals surface area contributed by atoms with Gasteiger partial charge < -0.3 is 0 Å². The van der Waals surface area contributed by atoms with Crippen LogP contribution < -0.4 is 0 Å². The summed E-state index contributed by atoms with van der Waals surface area (Å²) in [6, 6.07) is 15.1. The highest BCUT2D eigenvalue weighted by Crippen LogP contribution is 2.37. The molecule has 2 aromatic rings. The third-order valence-electron chi connectivity index (χ3n) is 3.58. The summed E-state index contributed by atoms with van der Waals surface area (Å²) in [7, 11) is 0. The third kappa shape index (κ3) is 1.45. The molecule has 0 aromatic heterocycles. The van der Waals surface area contributed by atoms with Crippen LogP contribution in [0.15, 0.2) is 42.0 Å². The predicted molar refractivity (Wildman–Crippen MR) is 70.5 cm³/mol. The summed E-state index contributed by atoms with van der Waals surface area (Å²) in [6.45, 7) is 1.92. The first-order valence-electron chi connectivity index (χ1n) is 5.92. The fourth-order valence-electron chi connectivity index (χ4n) is 2.73. The Hall–Kier alpha value is -2.07. The van der Waals surface area contributed by atoms with Gasteiger partial charge in [0.1, 0.15) is 0 Å². The quantitative estimate of drug-likeness (QED) is 0.612. The molecule has 17 heavy (non-hydrogen) atoms. The molecule has 0 N–H and O–H groups in total. The lowest BCUT2D eigenvalue weighted by molar-refractivity contribution is 1.00. The van der Waals surface area contributed by atoms with E-state index in [2.05, 4.69) is 42.5 Å². The van der Waals surface area contributed by atoms with Crippen LogP contribution in [0.25, 0.3) is 16.3 Å². The largest absolute Gasteiger partial charge is 0.193 e. The monoisotopic (exact) mass is 219 g/mol. The van der Waals surface area contributed by atoms with E-state index in [1.807, 2.05) is 6.92 Å². The van der Waals surface area contributed by atoms with Crippen molar-refractivity contribution in [1.82, 2.24) is 0 Å². The normalized spacial score (nSPS) is 16.7. The van der Waals surface area contributed by atoms with E-state index < -0.39 is 0 Å². The molecule has 0 amide bonds. The van der Waals surface area contributed by atoms with E-state index in [1.54, 1.807) is 0 Å². The number of hydrogen-bond acceptors (Lipinski definition) is 1. The number of benzene rings is 2. The third-order valence-corrected chi connectivity index (χ3v) is 3.58. The molecular weight excluding hydrogens is 206 g/mol. The van der Waals surface area contributed by atoms with Crippen LogP contribution in [-0.2, 0) is 6.42 Å². The minimum absolute atomic E-state index is 0.854. The maximum atomic E-state index is 9.08. The number of hydrogen-bond donors (Lipinski definition) is 0. The topological polar surface area (TPSA) is 23.8 Å². The molecule has 0 saturated carbocycles. The van der Waals surface area contributed by atoms with Crippen LogP contribution in [0.4, 0.5) is 0 Å². The van der Waals surface area contributed by atoms with Crippen molar-refractivity contribution in [3.63, 3.8) is 0 Å². The van der Waals surface area contributed by atoms with Gasteiger partial charge in [0.05, 0.1) is 6.07 Å². The zero-order chi connectivity index (χ0) is 11.8. The van der Waals surface area contributed by atoms with Crippen molar-refractivity contribution in [3.8, 4) is 6.07 Å². The average Bonchev–Trinajstić information content (AvgIpc) is 2.39. The van der Waals surface area contributed by atoms with E-state index in [9.17, 15) is 0 Å².